The van der Waals surface area contributed by atoms with E-state index in [1.54, 1.807) is 18.2 Å². The molecule has 19 heavy (non-hydrogen) atoms. The summed E-state index contributed by atoms with van der Waals surface area (Å²) in [6.07, 6.45) is 0. The molecule has 1 N–H and O–H groups in total. The minimum atomic E-state index is -0.410. The number of hydrogen-bond acceptors (Lipinski definition) is 1. The predicted octanol–water partition coefficient (Wildman–Crippen LogP) is 5.26. The number of rotatable bonds is 2. The van der Waals surface area contributed by atoms with Gasteiger partial charge in [0.2, 0.25) is 0 Å². The molecule has 0 aliphatic rings. The molecule has 98 valence electrons. The number of carbonyl (C=O) groups is 1. The monoisotopic (exact) mass is 405 g/mol. The lowest BCUT2D eigenvalue weighted by atomic mass is 10.2. The van der Waals surface area contributed by atoms with Crippen molar-refractivity contribution in [1.29, 1.82) is 0 Å². The smallest absolute Gasteiger partial charge is 0.256 e. The molecule has 0 radical (unpaired) electrons. The van der Waals surface area contributed by atoms with Crippen molar-refractivity contribution in [3.63, 3.8) is 0 Å². The van der Waals surface area contributed by atoms with Gasteiger partial charge in [-0.25, -0.2) is 4.39 Å². The third-order valence-electron chi connectivity index (χ3n) is 2.35. The first-order chi connectivity index (χ1) is 8.97. The van der Waals surface area contributed by atoms with E-state index < -0.39 is 5.82 Å². The van der Waals surface area contributed by atoms with Crippen LogP contribution in [-0.2, 0) is 0 Å². The second-order valence-corrected chi connectivity index (χ2v) is 5.85. The van der Waals surface area contributed by atoms with E-state index in [4.69, 9.17) is 11.6 Å². The van der Waals surface area contributed by atoms with Gasteiger partial charge in [-0.05, 0) is 68.3 Å². The van der Waals surface area contributed by atoms with Crippen LogP contribution < -0.4 is 5.32 Å². The zero-order valence-corrected chi connectivity index (χ0v) is 13.3. The van der Waals surface area contributed by atoms with E-state index >= 15 is 0 Å². The van der Waals surface area contributed by atoms with Crippen molar-refractivity contribution in [1.82, 2.24) is 0 Å². The Morgan fingerprint density at radius 1 is 1.11 bits per heavy atom. The van der Waals surface area contributed by atoms with Crippen LogP contribution in [0.25, 0.3) is 0 Å². The first-order valence-corrected chi connectivity index (χ1v) is 7.15. The van der Waals surface area contributed by atoms with Crippen molar-refractivity contribution >= 4 is 55.1 Å². The third kappa shape index (κ3) is 3.55. The van der Waals surface area contributed by atoms with Gasteiger partial charge < -0.3 is 5.32 Å². The number of carbonyl (C=O) groups excluding carboxylic acids is 1. The molecule has 0 saturated carbocycles. The van der Waals surface area contributed by atoms with E-state index in [9.17, 15) is 9.18 Å². The summed E-state index contributed by atoms with van der Waals surface area (Å²) >= 11 is 12.3. The highest BCUT2D eigenvalue weighted by atomic mass is 79.9. The van der Waals surface area contributed by atoms with E-state index in [2.05, 4.69) is 37.2 Å². The summed E-state index contributed by atoms with van der Waals surface area (Å²) in [5.41, 5.74) is 0.891. The second-order valence-electron chi connectivity index (χ2n) is 3.70. The van der Waals surface area contributed by atoms with Crippen LogP contribution in [0.3, 0.4) is 0 Å². The van der Waals surface area contributed by atoms with Crippen LogP contribution >= 0.6 is 43.5 Å². The normalized spacial score (nSPS) is 10.3. The van der Waals surface area contributed by atoms with Crippen molar-refractivity contribution in [2.75, 3.05) is 5.32 Å². The fraction of sp³-hybridized carbons (Fsp3) is 0. The van der Waals surface area contributed by atoms with Gasteiger partial charge in [0.1, 0.15) is 5.82 Å². The molecular weight excluding hydrogens is 400 g/mol. The summed E-state index contributed by atoms with van der Waals surface area (Å²) in [6, 6.07) is 8.94. The molecule has 0 aromatic heterocycles. The molecule has 1 amide bonds. The molecule has 0 aliphatic heterocycles. The highest BCUT2D eigenvalue weighted by Crippen LogP contribution is 2.27. The molecule has 2 nitrogen and oxygen atoms in total. The van der Waals surface area contributed by atoms with Crippen LogP contribution in [0, 0.1) is 5.82 Å². The van der Waals surface area contributed by atoms with Gasteiger partial charge >= 0.3 is 0 Å². The molecule has 2 aromatic rings. The summed E-state index contributed by atoms with van der Waals surface area (Å²) < 4.78 is 14.1. The molecule has 2 rings (SSSR count). The maximum Gasteiger partial charge on any atom is 0.256 e. The molecular formula is C13H7Br2ClFNO. The van der Waals surface area contributed by atoms with E-state index in [1.165, 1.54) is 18.2 Å². The van der Waals surface area contributed by atoms with Crippen LogP contribution in [-0.4, -0.2) is 5.91 Å². The van der Waals surface area contributed by atoms with Crippen LogP contribution in [0.1, 0.15) is 10.4 Å². The highest BCUT2D eigenvalue weighted by molar-refractivity contribution is 9.11. The van der Waals surface area contributed by atoms with Crippen molar-refractivity contribution < 1.29 is 9.18 Å². The third-order valence-corrected chi connectivity index (χ3v) is 3.94. The largest absolute Gasteiger partial charge is 0.321 e. The number of hydrogen-bond donors (Lipinski definition) is 1. The molecule has 0 heterocycles. The topological polar surface area (TPSA) is 29.1 Å². The SMILES string of the molecule is O=C(Nc1cc(Cl)ccc1Br)c1ccc(F)cc1Br. The number of benzene rings is 2. The highest BCUT2D eigenvalue weighted by Gasteiger charge is 2.12. The van der Waals surface area contributed by atoms with Gasteiger partial charge in [0, 0.05) is 14.0 Å². The van der Waals surface area contributed by atoms with Gasteiger partial charge in [0.25, 0.3) is 5.91 Å². The maximum absolute atomic E-state index is 13.0. The zero-order valence-electron chi connectivity index (χ0n) is 9.38. The summed E-state index contributed by atoms with van der Waals surface area (Å²) in [5.74, 6) is -0.762. The Hall–Kier alpha value is -0.910. The first-order valence-electron chi connectivity index (χ1n) is 5.19. The van der Waals surface area contributed by atoms with Crippen molar-refractivity contribution in [3.05, 3.63) is 61.7 Å². The fourth-order valence-corrected chi connectivity index (χ4v) is 2.51. The van der Waals surface area contributed by atoms with Gasteiger partial charge in [-0.1, -0.05) is 11.6 Å². The van der Waals surface area contributed by atoms with Crippen LogP contribution in [0.5, 0.6) is 0 Å². The Morgan fingerprint density at radius 3 is 2.53 bits per heavy atom. The number of halogens is 4. The fourth-order valence-electron chi connectivity index (χ4n) is 1.46. The molecule has 0 bridgehead atoms. The summed E-state index contributed by atoms with van der Waals surface area (Å²) in [6.45, 7) is 0. The molecule has 0 unspecified atom stereocenters. The van der Waals surface area contributed by atoms with Gasteiger partial charge in [-0.15, -0.1) is 0 Å². The predicted molar refractivity (Wildman–Crippen MR) is 81.2 cm³/mol. The van der Waals surface area contributed by atoms with Crippen LogP contribution in [0.15, 0.2) is 45.3 Å². The van der Waals surface area contributed by atoms with Gasteiger partial charge in [-0.3, -0.25) is 4.79 Å². The van der Waals surface area contributed by atoms with E-state index in [-0.39, 0.29) is 5.91 Å². The first kappa shape index (κ1) is 14.5. The Kier molecular flexibility index (Phi) is 4.60. The van der Waals surface area contributed by atoms with Crippen molar-refractivity contribution in [2.45, 2.75) is 0 Å². The quantitative estimate of drug-likeness (QED) is 0.723. The van der Waals surface area contributed by atoms with E-state index in [0.717, 1.165) is 0 Å². The second kappa shape index (κ2) is 6.03. The molecule has 0 aliphatic carbocycles. The summed E-state index contributed by atoms with van der Waals surface area (Å²) in [5, 5.41) is 3.22. The van der Waals surface area contributed by atoms with E-state index in [0.29, 0.717) is 25.2 Å². The van der Waals surface area contributed by atoms with Gasteiger partial charge in [-0.2, -0.15) is 0 Å². The molecule has 2 aromatic carbocycles. The Bertz CT molecular complexity index is 649. The van der Waals surface area contributed by atoms with Gasteiger partial charge in [0.05, 0.1) is 11.3 Å². The zero-order chi connectivity index (χ0) is 14.0. The standard InChI is InChI=1S/C13H7Br2ClFNO/c14-10-4-1-7(16)5-12(10)18-13(19)9-3-2-8(17)6-11(9)15/h1-6H,(H,18,19). The molecule has 6 heteroatoms. The average molecular weight is 407 g/mol. The van der Waals surface area contributed by atoms with Crippen LogP contribution in [0.4, 0.5) is 10.1 Å². The average Bonchev–Trinajstić information content (AvgIpc) is 2.33. The number of anilines is 1. The Labute approximate surface area is 131 Å². The summed E-state index contributed by atoms with van der Waals surface area (Å²) in [7, 11) is 0. The minimum Gasteiger partial charge on any atom is -0.321 e. The molecule has 0 atom stereocenters. The minimum absolute atomic E-state index is 0.341. The number of nitrogens with one attached hydrogen (secondary N) is 1. The number of amides is 1. The van der Waals surface area contributed by atoms with Crippen molar-refractivity contribution in [2.24, 2.45) is 0 Å². The Morgan fingerprint density at radius 2 is 1.84 bits per heavy atom. The molecule has 0 fully saturated rings. The molecule has 0 spiro atoms. The van der Waals surface area contributed by atoms with E-state index in [1.807, 2.05) is 0 Å². The lowest BCUT2D eigenvalue weighted by Gasteiger charge is -2.09. The molecule has 0 saturated heterocycles. The Balaban J connectivity index is 2.28. The van der Waals surface area contributed by atoms with Gasteiger partial charge in [0.15, 0.2) is 0 Å². The maximum atomic E-state index is 13.0. The summed E-state index contributed by atoms with van der Waals surface area (Å²) in [4.78, 5) is 12.1. The van der Waals surface area contributed by atoms with Crippen molar-refractivity contribution in [3.8, 4) is 0 Å². The lowest BCUT2D eigenvalue weighted by molar-refractivity contribution is 0.102. The van der Waals surface area contributed by atoms with Crippen LogP contribution in [0.2, 0.25) is 5.02 Å². The lowest BCUT2D eigenvalue weighted by Crippen LogP contribution is -2.13.